The molecule has 19 aromatic carbocycles. The maximum Gasteiger partial charge on any atom is 0.0541 e. The van der Waals surface area contributed by atoms with Crippen LogP contribution < -0.4 is 0 Å². The van der Waals surface area contributed by atoms with Crippen molar-refractivity contribution in [1.82, 2.24) is 13.7 Å². The molecule has 0 aliphatic rings. The zero-order valence-corrected chi connectivity index (χ0v) is 74.3. The number of hydrogen-bond donors (Lipinski definition) is 0. The molecule has 0 bridgehead atoms. The second kappa shape index (κ2) is 28.3. The topological polar surface area (TPSA) is 14.8 Å². The van der Waals surface area contributed by atoms with Crippen molar-refractivity contribution in [3.63, 3.8) is 0 Å². The third-order valence-corrected chi connectivity index (χ3v) is 27.4. The van der Waals surface area contributed by atoms with E-state index < -0.39 is 0 Å². The lowest BCUT2D eigenvalue weighted by Crippen LogP contribution is -2.10. The van der Waals surface area contributed by atoms with Gasteiger partial charge in [0, 0.05) is 49.4 Å². The number of fused-ring (bicyclic) bond motifs is 15. The maximum absolute atomic E-state index is 2.52. The van der Waals surface area contributed by atoms with Crippen LogP contribution in [0.25, 0.3) is 214 Å². The van der Waals surface area contributed by atoms with Gasteiger partial charge in [-0.15, -0.1) is 0 Å². The van der Waals surface area contributed by atoms with E-state index in [1.54, 1.807) is 0 Å². The lowest BCUT2D eigenvalue weighted by atomic mass is 9.74. The molecule has 0 aliphatic carbocycles. The quantitative estimate of drug-likeness (QED) is 0.0958. The van der Waals surface area contributed by atoms with Crippen LogP contribution in [0, 0.1) is 0 Å². The summed E-state index contributed by atoms with van der Waals surface area (Å²) in [5, 5.41) is 19.9. The average molecular weight is 1610 g/mol. The van der Waals surface area contributed by atoms with Crippen LogP contribution in [0.1, 0.15) is 132 Å². The minimum atomic E-state index is -0.0436. The summed E-state index contributed by atoms with van der Waals surface area (Å²) in [4.78, 5) is 0. The van der Waals surface area contributed by atoms with Crippen LogP contribution >= 0.6 is 0 Å². The summed E-state index contributed by atoms with van der Waals surface area (Å²) in [5.74, 6) is 0. The van der Waals surface area contributed by atoms with Crippen molar-refractivity contribution >= 4 is 119 Å². The first kappa shape index (κ1) is 77.2. The van der Waals surface area contributed by atoms with Crippen LogP contribution in [0.5, 0.6) is 0 Å². The number of aromatic nitrogens is 3. The standard InChI is InChI=1S/C122H103N3/c1-118(2,3)82-50-60-89(61-51-82)123-102-40-26-25-35-92(102)97-69-81(49-64-103(97)123)74-41-43-78(44-42-74)109-108(77-33-23-18-24-34-77)110(79-45-56-87(57-46-79)124-104-65-52-83(119(4,5)6)70-98(104)99-71-84(120(7,8)9)53-66-105(99)124)116-95-38-27-36-93-112-90(75-29-19-16-20-30-75)62-63-91(76-31-21-17-22-32-76)113(112)94-37-28-39-96(115(94)114(93)95)117(116)111(109)80-47-58-88(59-48-80)125-106-67-54-85(121(10,11)12)72-100(106)101-73-86(122(13,14)15)55-68-107(101)125/h16-73H,1-15H3. The predicted molar refractivity (Wildman–Crippen MR) is 540 cm³/mol. The number of hydrogen-bond acceptors (Lipinski definition) is 0. The van der Waals surface area contributed by atoms with Gasteiger partial charge < -0.3 is 13.7 Å². The molecule has 0 aliphatic heterocycles. The molecule has 125 heavy (non-hydrogen) atoms. The maximum atomic E-state index is 2.52. The Morgan fingerprint density at radius 1 is 0.152 bits per heavy atom. The molecule has 0 saturated carbocycles. The first-order chi connectivity index (χ1) is 60.2. The van der Waals surface area contributed by atoms with E-state index in [4.69, 9.17) is 0 Å². The van der Waals surface area contributed by atoms with Crippen molar-refractivity contribution in [3.8, 4) is 95.0 Å². The summed E-state index contributed by atoms with van der Waals surface area (Å²) in [5.41, 5.74) is 33.4. The first-order valence-electron chi connectivity index (χ1n) is 44.7. The molecule has 0 radical (unpaired) electrons. The number of nitrogens with zero attached hydrogens (tertiary/aromatic N) is 3. The molecule has 606 valence electrons. The van der Waals surface area contributed by atoms with Gasteiger partial charge in [0.1, 0.15) is 0 Å². The molecule has 3 heterocycles. The van der Waals surface area contributed by atoms with E-state index >= 15 is 0 Å². The van der Waals surface area contributed by atoms with Gasteiger partial charge in [-0.1, -0.05) is 353 Å². The van der Waals surface area contributed by atoms with Gasteiger partial charge in [-0.05, 0) is 290 Å². The molecule has 3 aromatic heterocycles. The van der Waals surface area contributed by atoms with Crippen molar-refractivity contribution in [2.45, 2.75) is 131 Å². The van der Waals surface area contributed by atoms with Gasteiger partial charge in [-0.25, -0.2) is 0 Å². The molecule has 3 heteroatoms. The monoisotopic (exact) mass is 1610 g/mol. The van der Waals surface area contributed by atoms with Gasteiger partial charge in [0.05, 0.1) is 33.1 Å². The summed E-state index contributed by atoms with van der Waals surface area (Å²) in [6.07, 6.45) is 0. The molecule has 22 rings (SSSR count). The minimum Gasteiger partial charge on any atom is -0.309 e. The Balaban J connectivity index is 0.867. The van der Waals surface area contributed by atoms with E-state index in [0.717, 1.165) is 50.4 Å². The molecule has 0 atom stereocenters. The summed E-state index contributed by atoms with van der Waals surface area (Å²) in [6.45, 7) is 34.8. The highest BCUT2D eigenvalue weighted by atomic mass is 15.0. The van der Waals surface area contributed by atoms with E-state index in [1.165, 1.54) is 192 Å². The van der Waals surface area contributed by atoms with E-state index in [9.17, 15) is 0 Å². The second-order valence-electron chi connectivity index (χ2n) is 40.4. The molecular weight excluding hydrogens is 1510 g/mol. The van der Waals surface area contributed by atoms with Crippen LogP contribution in [-0.4, -0.2) is 13.7 Å². The summed E-state index contributed by atoms with van der Waals surface area (Å²) in [7, 11) is 0. The molecule has 0 spiro atoms. The van der Waals surface area contributed by atoms with Crippen molar-refractivity contribution in [2.24, 2.45) is 0 Å². The van der Waals surface area contributed by atoms with Crippen LogP contribution in [0.15, 0.2) is 352 Å². The van der Waals surface area contributed by atoms with Crippen LogP contribution in [0.2, 0.25) is 0 Å². The predicted octanol–water partition coefficient (Wildman–Crippen LogP) is 34.3. The van der Waals surface area contributed by atoms with E-state index in [0.29, 0.717) is 0 Å². The first-order valence-corrected chi connectivity index (χ1v) is 44.7. The van der Waals surface area contributed by atoms with Crippen molar-refractivity contribution in [2.75, 3.05) is 0 Å². The van der Waals surface area contributed by atoms with Gasteiger partial charge in [0.15, 0.2) is 0 Å². The van der Waals surface area contributed by atoms with E-state index in [-0.39, 0.29) is 27.1 Å². The van der Waals surface area contributed by atoms with Crippen LogP contribution in [0.3, 0.4) is 0 Å². The summed E-state index contributed by atoms with van der Waals surface area (Å²) < 4.78 is 7.48. The molecular formula is C122H103N3. The Kier molecular flexibility index (Phi) is 17.5. The molecule has 3 nitrogen and oxygen atoms in total. The number of rotatable bonds is 10. The van der Waals surface area contributed by atoms with Crippen molar-refractivity contribution in [1.29, 1.82) is 0 Å². The normalized spacial score (nSPS) is 12.8. The zero-order chi connectivity index (χ0) is 85.6. The Morgan fingerprint density at radius 3 is 0.776 bits per heavy atom. The highest BCUT2D eigenvalue weighted by Gasteiger charge is 2.33. The lowest BCUT2D eigenvalue weighted by molar-refractivity contribution is 0.590. The molecule has 0 unspecified atom stereocenters. The SMILES string of the molecule is CC(C)(C)c1ccc(-n2c3ccccc3c3cc(-c4ccc(-c5c(-c6ccccc6)c(-c6ccc(-n7c8ccc(C(C)(C)C)cc8c8cc(C(C)(C)C)ccc87)cc6)c6c7cccc8c9c(-c%10ccccc%10)ccc(-c%10ccccc%10)c9c9cccc(c6c5-c5ccc(-n6c%10ccc(C(C)(C)C)cc%10c%10cc(C(C)(C)C)ccc%106)cc5)c9c87)cc4)ccc32)cc1. The Morgan fingerprint density at radius 2 is 0.408 bits per heavy atom. The van der Waals surface area contributed by atoms with Gasteiger partial charge in [0.25, 0.3) is 0 Å². The fourth-order valence-corrected chi connectivity index (χ4v) is 20.8. The molecule has 0 fully saturated rings. The largest absolute Gasteiger partial charge is 0.309 e. The van der Waals surface area contributed by atoms with Crippen molar-refractivity contribution in [3.05, 3.63) is 380 Å². The van der Waals surface area contributed by atoms with Gasteiger partial charge >= 0.3 is 0 Å². The Hall–Kier alpha value is -13.9. The average Bonchev–Trinajstić information content (AvgIpc) is 1.40. The second-order valence-corrected chi connectivity index (χ2v) is 40.4. The van der Waals surface area contributed by atoms with Crippen molar-refractivity contribution < 1.29 is 0 Å². The highest BCUT2D eigenvalue weighted by molar-refractivity contribution is 6.45. The fourth-order valence-electron chi connectivity index (χ4n) is 20.8. The van der Waals surface area contributed by atoms with Gasteiger partial charge in [0.2, 0.25) is 0 Å². The summed E-state index contributed by atoms with van der Waals surface area (Å²) in [6, 6.07) is 136. The minimum absolute atomic E-state index is 0.0393. The van der Waals surface area contributed by atoms with E-state index in [2.05, 4.69) is 469 Å². The Labute approximate surface area is 733 Å². The zero-order valence-electron chi connectivity index (χ0n) is 74.3. The highest BCUT2D eigenvalue weighted by Crippen LogP contribution is 2.59. The molecule has 0 N–H and O–H groups in total. The van der Waals surface area contributed by atoms with Crippen LogP contribution in [0.4, 0.5) is 0 Å². The summed E-state index contributed by atoms with van der Waals surface area (Å²) >= 11 is 0. The third-order valence-electron chi connectivity index (χ3n) is 27.4. The smallest absolute Gasteiger partial charge is 0.0541 e. The molecule has 22 aromatic rings. The molecule has 0 amide bonds. The number of benzene rings is 19. The van der Waals surface area contributed by atoms with Crippen LogP contribution in [-0.2, 0) is 27.1 Å². The van der Waals surface area contributed by atoms with Gasteiger partial charge in [-0.2, -0.15) is 0 Å². The fraction of sp³-hybridized carbons (Fsp3) is 0.164. The molecule has 0 saturated heterocycles. The Bertz CT molecular complexity index is 7970. The van der Waals surface area contributed by atoms with Gasteiger partial charge in [-0.3, -0.25) is 0 Å². The lowest BCUT2D eigenvalue weighted by Gasteiger charge is -2.28. The number of para-hydroxylation sites is 1. The van der Waals surface area contributed by atoms with E-state index in [1.807, 2.05) is 0 Å². The third kappa shape index (κ3) is 12.5.